The van der Waals surface area contributed by atoms with Crippen LogP contribution in [0.4, 0.5) is 0 Å². The van der Waals surface area contributed by atoms with Crippen molar-refractivity contribution in [1.29, 1.82) is 0 Å². The average molecular weight is 241 g/mol. The van der Waals surface area contributed by atoms with Gasteiger partial charge in [0.1, 0.15) is 5.75 Å². The van der Waals surface area contributed by atoms with Gasteiger partial charge in [-0.25, -0.2) is 0 Å². The molecule has 0 N–H and O–H groups in total. The van der Waals surface area contributed by atoms with Crippen LogP contribution in [0.5, 0.6) is 5.75 Å². The van der Waals surface area contributed by atoms with Crippen molar-refractivity contribution in [2.45, 2.75) is 32.1 Å². The van der Waals surface area contributed by atoms with E-state index in [1.165, 1.54) is 0 Å². The largest absolute Gasteiger partial charge is 0.497 e. The van der Waals surface area contributed by atoms with Crippen LogP contribution in [-0.4, -0.2) is 18.3 Å². The second-order valence-electron chi connectivity index (χ2n) is 4.09. The van der Waals surface area contributed by atoms with Gasteiger partial charge in [-0.05, 0) is 36.6 Å². The zero-order valence-electron chi connectivity index (χ0n) is 10.1. The summed E-state index contributed by atoms with van der Waals surface area (Å²) in [6, 6.07) is 5.48. The first kappa shape index (κ1) is 13.0. The van der Waals surface area contributed by atoms with Crippen molar-refractivity contribution in [2.24, 2.45) is 0 Å². The van der Waals surface area contributed by atoms with Crippen LogP contribution in [0.2, 0.25) is 0 Å². The van der Waals surface area contributed by atoms with E-state index in [1.807, 2.05) is 19.9 Å². The van der Waals surface area contributed by atoms with Crippen molar-refractivity contribution in [3.63, 3.8) is 0 Å². The number of hydrogen-bond donors (Lipinski definition) is 0. The first-order valence-corrected chi connectivity index (χ1v) is 5.77. The van der Waals surface area contributed by atoms with Crippen molar-refractivity contribution in [3.05, 3.63) is 29.3 Å². The van der Waals surface area contributed by atoms with Gasteiger partial charge in [-0.3, -0.25) is 4.79 Å². The second-order valence-corrected chi connectivity index (χ2v) is 4.74. The molecule has 0 aromatic heterocycles. The van der Waals surface area contributed by atoms with Gasteiger partial charge in [0.15, 0.2) is 5.78 Å². The molecule has 0 saturated carbocycles. The van der Waals surface area contributed by atoms with E-state index in [4.69, 9.17) is 16.3 Å². The number of hydrogen-bond acceptors (Lipinski definition) is 2. The summed E-state index contributed by atoms with van der Waals surface area (Å²) in [6.07, 6.45) is 0. The van der Waals surface area contributed by atoms with Crippen molar-refractivity contribution >= 4 is 17.4 Å². The van der Waals surface area contributed by atoms with Crippen LogP contribution in [0.25, 0.3) is 0 Å². The average Bonchev–Trinajstić information content (AvgIpc) is 2.26. The lowest BCUT2D eigenvalue weighted by Crippen LogP contribution is -2.13. The summed E-state index contributed by atoms with van der Waals surface area (Å²) in [4.78, 5) is 11.9. The molecular formula is C13H17ClO2. The predicted octanol–water partition coefficient (Wildman–Crippen LogP) is 3.63. The summed E-state index contributed by atoms with van der Waals surface area (Å²) in [7, 11) is 1.62. The molecule has 1 aromatic rings. The number of rotatable bonds is 4. The van der Waals surface area contributed by atoms with Gasteiger partial charge in [-0.1, -0.05) is 13.8 Å². The Hall–Kier alpha value is -1.02. The number of ether oxygens (including phenoxy) is 1. The molecule has 0 bridgehead atoms. The maximum atomic E-state index is 11.9. The molecule has 0 saturated heterocycles. The summed E-state index contributed by atoms with van der Waals surface area (Å²) in [5, 5.41) is -0.495. The first-order chi connectivity index (χ1) is 7.47. The molecule has 16 heavy (non-hydrogen) atoms. The van der Waals surface area contributed by atoms with E-state index in [1.54, 1.807) is 26.2 Å². The second kappa shape index (κ2) is 5.35. The molecule has 1 atom stereocenters. The summed E-state index contributed by atoms with van der Waals surface area (Å²) >= 11 is 5.83. The summed E-state index contributed by atoms with van der Waals surface area (Å²) in [5.74, 6) is 1.000. The highest BCUT2D eigenvalue weighted by molar-refractivity contribution is 6.33. The third-order valence-corrected chi connectivity index (χ3v) is 2.71. The summed E-state index contributed by atoms with van der Waals surface area (Å²) in [6.45, 7) is 5.78. The zero-order valence-corrected chi connectivity index (χ0v) is 10.8. The van der Waals surface area contributed by atoms with Gasteiger partial charge in [-0.15, -0.1) is 11.6 Å². The monoisotopic (exact) mass is 240 g/mol. The molecule has 0 fully saturated rings. The molecule has 0 aliphatic heterocycles. The van der Waals surface area contributed by atoms with Crippen molar-refractivity contribution in [1.82, 2.24) is 0 Å². The van der Waals surface area contributed by atoms with Crippen LogP contribution in [0.3, 0.4) is 0 Å². The number of carbonyl (C=O) groups excluding carboxylic acids is 1. The fourth-order valence-electron chi connectivity index (χ4n) is 1.58. The lowest BCUT2D eigenvalue weighted by Gasteiger charge is -2.14. The molecule has 88 valence electrons. The molecule has 0 amide bonds. The lowest BCUT2D eigenvalue weighted by atomic mass is 9.93. The molecule has 0 spiro atoms. The third-order valence-electron chi connectivity index (χ3n) is 2.51. The molecule has 1 rings (SSSR count). The molecule has 2 nitrogen and oxygen atoms in total. The molecule has 0 aliphatic rings. The van der Waals surface area contributed by atoms with Gasteiger partial charge in [-0.2, -0.15) is 0 Å². The number of carbonyl (C=O) groups is 1. The quantitative estimate of drug-likeness (QED) is 0.594. The van der Waals surface area contributed by atoms with E-state index < -0.39 is 5.38 Å². The van der Waals surface area contributed by atoms with Gasteiger partial charge in [0.25, 0.3) is 0 Å². The normalized spacial score (nSPS) is 12.6. The fourth-order valence-corrected chi connectivity index (χ4v) is 1.70. The van der Waals surface area contributed by atoms with Crippen LogP contribution >= 0.6 is 11.6 Å². The molecule has 1 unspecified atom stereocenters. The number of ketones is 1. The van der Waals surface area contributed by atoms with Gasteiger partial charge in [0.05, 0.1) is 12.5 Å². The van der Waals surface area contributed by atoms with E-state index in [0.717, 1.165) is 11.3 Å². The highest BCUT2D eigenvalue weighted by Crippen LogP contribution is 2.26. The van der Waals surface area contributed by atoms with Crippen LogP contribution in [-0.2, 0) is 0 Å². The summed E-state index contributed by atoms with van der Waals surface area (Å²) < 4.78 is 5.16. The Kier molecular flexibility index (Phi) is 4.36. The molecule has 1 aromatic carbocycles. The molecule has 0 aliphatic carbocycles. The maximum Gasteiger partial charge on any atom is 0.180 e. The van der Waals surface area contributed by atoms with E-state index in [0.29, 0.717) is 5.56 Å². The standard InChI is InChI=1S/C13H17ClO2/c1-8(2)12-7-10(16-4)5-6-11(12)13(15)9(3)14/h5-9H,1-4H3. The minimum Gasteiger partial charge on any atom is -0.497 e. The Balaban J connectivity index is 3.23. The van der Waals surface area contributed by atoms with Crippen molar-refractivity contribution < 1.29 is 9.53 Å². The topological polar surface area (TPSA) is 26.3 Å². The van der Waals surface area contributed by atoms with Crippen molar-refractivity contribution in [2.75, 3.05) is 7.11 Å². The Labute approximate surface area is 102 Å². The highest BCUT2D eigenvalue weighted by Gasteiger charge is 2.18. The Morgan fingerprint density at radius 2 is 1.94 bits per heavy atom. The van der Waals surface area contributed by atoms with Crippen LogP contribution in [0.1, 0.15) is 42.6 Å². The van der Waals surface area contributed by atoms with Gasteiger partial charge < -0.3 is 4.74 Å². The number of benzene rings is 1. The predicted molar refractivity (Wildman–Crippen MR) is 66.7 cm³/mol. The Morgan fingerprint density at radius 1 is 1.31 bits per heavy atom. The number of alkyl halides is 1. The molecule has 3 heteroatoms. The van der Waals surface area contributed by atoms with Gasteiger partial charge >= 0.3 is 0 Å². The highest BCUT2D eigenvalue weighted by atomic mass is 35.5. The minimum absolute atomic E-state index is 0.0342. The van der Waals surface area contributed by atoms with Crippen LogP contribution < -0.4 is 4.74 Å². The van der Waals surface area contributed by atoms with E-state index in [9.17, 15) is 4.79 Å². The zero-order chi connectivity index (χ0) is 12.3. The number of methoxy groups -OCH3 is 1. The molecule has 0 radical (unpaired) electrons. The van der Waals surface area contributed by atoms with E-state index in [2.05, 4.69) is 0 Å². The summed E-state index contributed by atoms with van der Waals surface area (Å²) in [5.41, 5.74) is 1.68. The fraction of sp³-hybridized carbons (Fsp3) is 0.462. The molecular weight excluding hydrogens is 224 g/mol. The Morgan fingerprint density at radius 3 is 2.38 bits per heavy atom. The number of halogens is 1. The first-order valence-electron chi connectivity index (χ1n) is 5.33. The lowest BCUT2D eigenvalue weighted by molar-refractivity contribution is 0.0990. The SMILES string of the molecule is COc1ccc(C(=O)C(C)Cl)c(C(C)C)c1. The van der Waals surface area contributed by atoms with Crippen LogP contribution in [0, 0.1) is 0 Å². The number of Topliss-reactive ketones (excluding diaryl/α,β-unsaturated/α-hetero) is 1. The van der Waals surface area contributed by atoms with Gasteiger partial charge in [0.2, 0.25) is 0 Å². The van der Waals surface area contributed by atoms with Crippen molar-refractivity contribution in [3.8, 4) is 5.75 Å². The van der Waals surface area contributed by atoms with Crippen LogP contribution in [0.15, 0.2) is 18.2 Å². The maximum absolute atomic E-state index is 11.9. The minimum atomic E-state index is -0.495. The van der Waals surface area contributed by atoms with E-state index >= 15 is 0 Å². The smallest absolute Gasteiger partial charge is 0.180 e. The molecule has 0 heterocycles. The third kappa shape index (κ3) is 2.76. The van der Waals surface area contributed by atoms with E-state index in [-0.39, 0.29) is 11.7 Å². The van der Waals surface area contributed by atoms with Gasteiger partial charge in [0, 0.05) is 5.56 Å². The Bertz CT molecular complexity index is 384.